The number of carboxylic acid groups (broad SMARTS) is 1. The van der Waals surface area contributed by atoms with Gasteiger partial charge in [0.1, 0.15) is 0 Å². The number of aliphatic hydroxyl groups is 1. The van der Waals surface area contributed by atoms with Gasteiger partial charge in [0.25, 0.3) is 0 Å². The molecule has 0 amide bonds. The minimum atomic E-state index is -0.969. The maximum absolute atomic E-state index is 10.8. The number of hydrogen-bond acceptors (Lipinski definition) is 3. The first-order chi connectivity index (χ1) is 6.97. The molecule has 2 rings (SSSR count). The highest BCUT2D eigenvalue weighted by atomic mass is 16.4. The lowest BCUT2D eigenvalue weighted by Crippen LogP contribution is -2.62. The summed E-state index contributed by atoms with van der Waals surface area (Å²) in [4.78, 5) is 13.0. The summed E-state index contributed by atoms with van der Waals surface area (Å²) in [5.41, 5.74) is -1.11. The normalized spacial score (nSPS) is 35.1. The van der Waals surface area contributed by atoms with Gasteiger partial charge in [-0.05, 0) is 26.3 Å². The van der Waals surface area contributed by atoms with E-state index in [9.17, 15) is 9.90 Å². The Hall–Kier alpha value is -0.610. The van der Waals surface area contributed by atoms with Crippen LogP contribution in [0.1, 0.15) is 32.1 Å². The summed E-state index contributed by atoms with van der Waals surface area (Å²) >= 11 is 0. The zero-order valence-corrected chi connectivity index (χ0v) is 9.20. The van der Waals surface area contributed by atoms with Gasteiger partial charge in [-0.25, -0.2) is 0 Å². The van der Waals surface area contributed by atoms with Gasteiger partial charge in [-0.3, -0.25) is 4.79 Å². The Bertz CT molecular complexity index is 275. The Labute approximate surface area is 89.9 Å². The van der Waals surface area contributed by atoms with Gasteiger partial charge >= 0.3 is 5.97 Å². The molecule has 1 aliphatic heterocycles. The van der Waals surface area contributed by atoms with Crippen molar-refractivity contribution in [3.05, 3.63) is 0 Å². The molecule has 0 bridgehead atoms. The molecule has 1 saturated heterocycles. The lowest BCUT2D eigenvalue weighted by atomic mass is 9.55. The van der Waals surface area contributed by atoms with Crippen LogP contribution >= 0.6 is 0 Å². The molecule has 1 atom stereocenters. The number of rotatable bonds is 2. The van der Waals surface area contributed by atoms with E-state index in [2.05, 4.69) is 4.90 Å². The van der Waals surface area contributed by atoms with Crippen molar-refractivity contribution in [1.82, 2.24) is 4.90 Å². The van der Waals surface area contributed by atoms with Crippen LogP contribution in [-0.2, 0) is 4.79 Å². The Balaban J connectivity index is 2.17. The van der Waals surface area contributed by atoms with Crippen LogP contribution in [0.2, 0.25) is 0 Å². The summed E-state index contributed by atoms with van der Waals surface area (Å²) < 4.78 is 0. The highest BCUT2D eigenvalue weighted by Gasteiger charge is 2.56. The predicted molar refractivity (Wildman–Crippen MR) is 55.6 cm³/mol. The van der Waals surface area contributed by atoms with E-state index in [0.717, 1.165) is 32.4 Å². The van der Waals surface area contributed by atoms with Gasteiger partial charge in [-0.15, -0.1) is 0 Å². The van der Waals surface area contributed by atoms with Crippen molar-refractivity contribution in [2.75, 3.05) is 20.1 Å². The first-order valence-electron chi connectivity index (χ1n) is 5.60. The number of likely N-dealkylation sites (tertiary alicyclic amines) is 1. The van der Waals surface area contributed by atoms with Gasteiger partial charge in [-0.1, -0.05) is 6.42 Å². The minimum Gasteiger partial charge on any atom is -0.481 e. The maximum atomic E-state index is 10.8. The molecule has 15 heavy (non-hydrogen) atoms. The lowest BCUT2D eigenvalue weighted by Gasteiger charge is -2.57. The van der Waals surface area contributed by atoms with Crippen LogP contribution in [0.3, 0.4) is 0 Å². The van der Waals surface area contributed by atoms with E-state index in [1.165, 1.54) is 0 Å². The summed E-state index contributed by atoms with van der Waals surface area (Å²) in [6.45, 7) is 1.64. The summed E-state index contributed by atoms with van der Waals surface area (Å²) in [7, 11) is 2.04. The minimum absolute atomic E-state index is 0.0964. The predicted octanol–water partition coefficient (Wildman–Crippen LogP) is 0.698. The van der Waals surface area contributed by atoms with E-state index >= 15 is 0 Å². The van der Waals surface area contributed by atoms with E-state index < -0.39 is 11.6 Å². The van der Waals surface area contributed by atoms with Crippen molar-refractivity contribution in [2.45, 2.75) is 37.7 Å². The molecule has 2 fully saturated rings. The summed E-state index contributed by atoms with van der Waals surface area (Å²) in [5.74, 6) is -0.881. The largest absolute Gasteiger partial charge is 0.481 e. The third kappa shape index (κ3) is 1.66. The molecule has 1 aliphatic carbocycles. The van der Waals surface area contributed by atoms with Crippen LogP contribution in [0, 0.1) is 5.41 Å². The molecule has 1 saturated carbocycles. The van der Waals surface area contributed by atoms with Gasteiger partial charge in [0.05, 0.1) is 12.0 Å². The van der Waals surface area contributed by atoms with Crippen LogP contribution in [0.4, 0.5) is 0 Å². The molecule has 1 heterocycles. The lowest BCUT2D eigenvalue weighted by molar-refractivity contribution is -0.183. The second kappa shape index (κ2) is 3.46. The molecule has 4 nitrogen and oxygen atoms in total. The molecule has 2 N–H and O–H groups in total. The van der Waals surface area contributed by atoms with Crippen LogP contribution in [-0.4, -0.2) is 46.8 Å². The summed E-state index contributed by atoms with van der Waals surface area (Å²) in [6, 6.07) is 0. The van der Waals surface area contributed by atoms with Crippen molar-refractivity contribution in [1.29, 1.82) is 0 Å². The Morgan fingerprint density at radius 2 is 2.07 bits per heavy atom. The second-order valence-corrected chi connectivity index (χ2v) is 5.22. The molecule has 86 valence electrons. The van der Waals surface area contributed by atoms with Crippen LogP contribution in [0.5, 0.6) is 0 Å². The van der Waals surface area contributed by atoms with Crippen LogP contribution in [0.25, 0.3) is 0 Å². The van der Waals surface area contributed by atoms with E-state index in [4.69, 9.17) is 5.11 Å². The highest BCUT2D eigenvalue weighted by molar-refractivity contribution is 5.68. The molecule has 0 aromatic heterocycles. The van der Waals surface area contributed by atoms with E-state index in [1.807, 2.05) is 7.05 Å². The molecule has 4 heteroatoms. The van der Waals surface area contributed by atoms with E-state index in [-0.39, 0.29) is 11.8 Å². The van der Waals surface area contributed by atoms with Crippen molar-refractivity contribution in [3.8, 4) is 0 Å². The van der Waals surface area contributed by atoms with Gasteiger partial charge in [0.2, 0.25) is 0 Å². The molecule has 1 spiro atoms. The standard InChI is InChI=1S/C11H19NO3/c1-12-6-5-11(15,7-9(13)14)10(8-12)3-2-4-10/h15H,2-8H2,1H3,(H,13,14). The highest BCUT2D eigenvalue weighted by Crippen LogP contribution is 2.54. The van der Waals surface area contributed by atoms with Crippen LogP contribution in [0.15, 0.2) is 0 Å². The fourth-order valence-electron chi connectivity index (χ4n) is 3.14. The number of aliphatic carboxylic acids is 1. The van der Waals surface area contributed by atoms with Crippen molar-refractivity contribution in [3.63, 3.8) is 0 Å². The quantitative estimate of drug-likeness (QED) is 0.709. The van der Waals surface area contributed by atoms with Crippen molar-refractivity contribution in [2.24, 2.45) is 5.41 Å². The van der Waals surface area contributed by atoms with Gasteiger partial charge in [0, 0.05) is 18.5 Å². The number of piperidine rings is 1. The Kier molecular flexibility index (Phi) is 2.51. The third-order valence-electron chi connectivity index (χ3n) is 4.22. The van der Waals surface area contributed by atoms with Gasteiger partial charge < -0.3 is 15.1 Å². The SMILES string of the molecule is CN1CCC(O)(CC(=O)O)C2(CCC2)C1. The maximum Gasteiger partial charge on any atom is 0.306 e. The fraction of sp³-hybridized carbons (Fsp3) is 0.909. The molecule has 2 aliphatic rings. The Morgan fingerprint density at radius 3 is 2.53 bits per heavy atom. The number of hydrogen-bond donors (Lipinski definition) is 2. The molecule has 1 unspecified atom stereocenters. The fourth-order valence-corrected chi connectivity index (χ4v) is 3.14. The monoisotopic (exact) mass is 213 g/mol. The van der Waals surface area contributed by atoms with Gasteiger partial charge in [0.15, 0.2) is 0 Å². The zero-order chi connectivity index (χ0) is 11.1. The molecule has 0 aromatic rings. The summed E-state index contributed by atoms with van der Waals surface area (Å²) in [5, 5.41) is 19.4. The van der Waals surface area contributed by atoms with Crippen LogP contribution < -0.4 is 0 Å². The average Bonchev–Trinajstić information content (AvgIpc) is 2.05. The van der Waals surface area contributed by atoms with E-state index in [0.29, 0.717) is 6.42 Å². The molecule has 0 aromatic carbocycles. The average molecular weight is 213 g/mol. The van der Waals surface area contributed by atoms with E-state index in [1.54, 1.807) is 0 Å². The third-order valence-corrected chi connectivity index (χ3v) is 4.22. The smallest absolute Gasteiger partial charge is 0.306 e. The molecular formula is C11H19NO3. The van der Waals surface area contributed by atoms with Crippen molar-refractivity contribution < 1.29 is 15.0 Å². The molecule has 0 radical (unpaired) electrons. The number of nitrogens with zero attached hydrogens (tertiary/aromatic N) is 1. The molecular weight excluding hydrogens is 194 g/mol. The van der Waals surface area contributed by atoms with Gasteiger partial charge in [-0.2, -0.15) is 0 Å². The van der Waals surface area contributed by atoms with Crippen molar-refractivity contribution >= 4 is 5.97 Å². The Morgan fingerprint density at radius 1 is 1.40 bits per heavy atom. The summed E-state index contributed by atoms with van der Waals surface area (Å²) in [6.07, 6.45) is 3.56. The number of carboxylic acids is 1. The first-order valence-corrected chi connectivity index (χ1v) is 5.60. The second-order valence-electron chi connectivity index (χ2n) is 5.22. The first kappa shape index (κ1) is 10.9. The topological polar surface area (TPSA) is 60.8 Å². The zero-order valence-electron chi connectivity index (χ0n) is 9.20. The number of carbonyl (C=O) groups is 1.